The highest BCUT2D eigenvalue weighted by Gasteiger charge is 2.29. The lowest BCUT2D eigenvalue weighted by atomic mass is 9.88. The van der Waals surface area contributed by atoms with Crippen LogP contribution < -0.4 is 15.4 Å². The average molecular weight is 477 g/mol. The zero-order valence-corrected chi connectivity index (χ0v) is 20.1. The molecule has 3 rings (SSSR count). The summed E-state index contributed by atoms with van der Waals surface area (Å²) in [4.78, 5) is 39.1. The zero-order chi connectivity index (χ0) is 23.1. The first kappa shape index (κ1) is 24.1. The topological polar surface area (TPSA) is 93.7 Å². The summed E-state index contributed by atoms with van der Waals surface area (Å²) in [5.41, 5.74) is 1.32. The van der Waals surface area contributed by atoms with Gasteiger partial charge in [-0.1, -0.05) is 6.92 Å². The lowest BCUT2D eigenvalue weighted by Gasteiger charge is -2.18. The predicted octanol–water partition coefficient (Wildman–Crippen LogP) is 4.89. The maximum Gasteiger partial charge on any atom is 0.413 e. The second-order valence-corrected chi connectivity index (χ2v) is 9.95. The number of amides is 3. The van der Waals surface area contributed by atoms with E-state index < -0.39 is 12.0 Å². The molecule has 1 heterocycles. The Kier molecular flexibility index (Phi) is 8.58. The number of carbonyl (C=O) groups excluding carboxylic acids is 3. The van der Waals surface area contributed by atoms with Gasteiger partial charge in [0.25, 0.3) is 5.91 Å². The Hall–Kier alpha value is -2.52. The Morgan fingerprint density at radius 2 is 1.94 bits per heavy atom. The summed E-state index contributed by atoms with van der Waals surface area (Å²) >= 11 is 3.11. The molecule has 1 aliphatic rings. The predicted molar refractivity (Wildman–Crippen MR) is 127 cm³/mol. The molecular formula is C23H28N2O5S2. The number of rotatable bonds is 8. The van der Waals surface area contributed by atoms with Gasteiger partial charge in [0, 0.05) is 16.2 Å². The van der Waals surface area contributed by atoms with Gasteiger partial charge >= 0.3 is 6.09 Å². The summed E-state index contributed by atoms with van der Waals surface area (Å²) in [6.45, 7) is 2.18. The van der Waals surface area contributed by atoms with Crippen molar-refractivity contribution < 1.29 is 23.9 Å². The van der Waals surface area contributed by atoms with E-state index in [2.05, 4.69) is 22.3 Å². The summed E-state index contributed by atoms with van der Waals surface area (Å²) in [6.07, 6.45) is 2.83. The lowest BCUT2D eigenvalue weighted by molar-refractivity contribution is -0.116. The van der Waals surface area contributed by atoms with Crippen molar-refractivity contribution in [3.8, 4) is 5.75 Å². The second-order valence-electron chi connectivity index (χ2n) is 7.68. The van der Waals surface area contributed by atoms with Crippen LogP contribution in [0.25, 0.3) is 0 Å². The third-order valence-electron chi connectivity index (χ3n) is 5.27. The quantitative estimate of drug-likeness (QED) is 0.416. The maximum absolute atomic E-state index is 12.7. The zero-order valence-electron chi connectivity index (χ0n) is 18.5. The number of benzene rings is 1. The normalized spacial score (nSPS) is 14.9. The van der Waals surface area contributed by atoms with Crippen LogP contribution in [0.5, 0.6) is 5.75 Å². The van der Waals surface area contributed by atoms with Crippen LogP contribution in [0.4, 0.5) is 9.80 Å². The molecular weight excluding hydrogens is 448 g/mol. The Morgan fingerprint density at radius 1 is 1.19 bits per heavy atom. The molecule has 2 N–H and O–H groups in total. The number of anilines is 1. The van der Waals surface area contributed by atoms with Gasteiger partial charge in [0.05, 0.1) is 19.8 Å². The molecule has 7 nitrogen and oxygen atoms in total. The highest BCUT2D eigenvalue weighted by Crippen LogP contribution is 2.39. The molecule has 0 saturated carbocycles. The molecule has 2 aromatic rings. The number of ether oxygens (including phenoxy) is 2. The van der Waals surface area contributed by atoms with Crippen molar-refractivity contribution in [1.29, 1.82) is 0 Å². The number of methoxy groups -OCH3 is 2. The van der Waals surface area contributed by atoms with E-state index in [4.69, 9.17) is 4.74 Å². The van der Waals surface area contributed by atoms with Gasteiger partial charge in [0.1, 0.15) is 10.8 Å². The van der Waals surface area contributed by atoms with Gasteiger partial charge in [0.2, 0.25) is 5.91 Å². The molecule has 1 atom stereocenters. The van der Waals surface area contributed by atoms with Crippen molar-refractivity contribution in [2.24, 2.45) is 5.92 Å². The number of thiophene rings is 1. The molecule has 0 aliphatic heterocycles. The SMILES string of the molecule is COC(=O)NC(=O)c1c(NC(=O)CCCSc2ccc(OC)cc2)sc2c1CCC(C)C2. The summed E-state index contributed by atoms with van der Waals surface area (Å²) in [5.74, 6) is 1.46. The molecule has 0 radical (unpaired) electrons. The van der Waals surface area contributed by atoms with Gasteiger partial charge in [-0.05, 0) is 67.2 Å². The minimum Gasteiger partial charge on any atom is -0.497 e. The average Bonchev–Trinajstić information content (AvgIpc) is 3.13. The Morgan fingerprint density at radius 3 is 2.62 bits per heavy atom. The Balaban J connectivity index is 1.60. The minimum absolute atomic E-state index is 0.140. The molecule has 1 aromatic carbocycles. The Labute approximate surface area is 196 Å². The first-order chi connectivity index (χ1) is 15.4. The van der Waals surface area contributed by atoms with Crippen LogP contribution in [0.3, 0.4) is 0 Å². The van der Waals surface area contributed by atoms with Crippen LogP contribution in [-0.4, -0.2) is 37.9 Å². The first-order valence-corrected chi connectivity index (χ1v) is 12.3. The van der Waals surface area contributed by atoms with E-state index in [-0.39, 0.29) is 5.91 Å². The van der Waals surface area contributed by atoms with Crippen molar-refractivity contribution >= 4 is 46.0 Å². The molecule has 0 saturated heterocycles. The summed E-state index contributed by atoms with van der Waals surface area (Å²) < 4.78 is 9.71. The second kappa shape index (κ2) is 11.4. The van der Waals surface area contributed by atoms with Crippen LogP contribution in [0.15, 0.2) is 29.2 Å². The van der Waals surface area contributed by atoms with E-state index in [0.29, 0.717) is 29.3 Å². The van der Waals surface area contributed by atoms with Gasteiger partial charge in [-0.2, -0.15) is 0 Å². The van der Waals surface area contributed by atoms with Crippen molar-refractivity contribution in [2.45, 2.75) is 43.9 Å². The fraction of sp³-hybridized carbons (Fsp3) is 0.435. The van der Waals surface area contributed by atoms with Gasteiger partial charge in [-0.3, -0.25) is 14.9 Å². The summed E-state index contributed by atoms with van der Waals surface area (Å²) in [5, 5.41) is 5.65. The van der Waals surface area contributed by atoms with E-state index >= 15 is 0 Å². The van der Waals surface area contributed by atoms with Gasteiger partial charge in [-0.15, -0.1) is 23.1 Å². The van der Waals surface area contributed by atoms with Crippen LogP contribution in [0.1, 0.15) is 47.0 Å². The smallest absolute Gasteiger partial charge is 0.413 e. The summed E-state index contributed by atoms with van der Waals surface area (Å²) in [6, 6.07) is 7.81. The van der Waals surface area contributed by atoms with Gasteiger partial charge in [0.15, 0.2) is 0 Å². The molecule has 3 amide bonds. The molecule has 172 valence electrons. The van der Waals surface area contributed by atoms with E-state index in [1.54, 1.807) is 18.9 Å². The first-order valence-electron chi connectivity index (χ1n) is 10.5. The molecule has 1 unspecified atom stereocenters. The monoisotopic (exact) mass is 476 g/mol. The third-order valence-corrected chi connectivity index (χ3v) is 7.54. The molecule has 1 aliphatic carbocycles. The number of fused-ring (bicyclic) bond motifs is 1. The number of nitrogens with one attached hydrogen (secondary N) is 2. The molecule has 9 heteroatoms. The van der Waals surface area contributed by atoms with Crippen molar-refractivity contribution in [3.05, 3.63) is 40.3 Å². The van der Waals surface area contributed by atoms with E-state index in [1.807, 2.05) is 24.3 Å². The van der Waals surface area contributed by atoms with E-state index in [9.17, 15) is 14.4 Å². The van der Waals surface area contributed by atoms with Crippen LogP contribution in [-0.2, 0) is 22.4 Å². The molecule has 32 heavy (non-hydrogen) atoms. The summed E-state index contributed by atoms with van der Waals surface area (Å²) in [7, 11) is 2.84. The molecule has 0 spiro atoms. The number of hydrogen-bond donors (Lipinski definition) is 2. The minimum atomic E-state index is -0.813. The fourth-order valence-corrected chi connectivity index (χ4v) is 5.85. The number of carbonyl (C=O) groups is 3. The fourth-order valence-electron chi connectivity index (χ4n) is 3.57. The van der Waals surface area contributed by atoms with Crippen LogP contribution in [0.2, 0.25) is 0 Å². The molecule has 1 aromatic heterocycles. The number of imide groups is 1. The maximum atomic E-state index is 12.7. The van der Waals surface area contributed by atoms with E-state index in [1.165, 1.54) is 18.4 Å². The van der Waals surface area contributed by atoms with Crippen molar-refractivity contribution in [3.63, 3.8) is 0 Å². The molecule has 0 bridgehead atoms. The van der Waals surface area contributed by atoms with Crippen LogP contribution >= 0.6 is 23.1 Å². The van der Waals surface area contributed by atoms with Crippen molar-refractivity contribution in [2.75, 3.05) is 25.3 Å². The highest BCUT2D eigenvalue weighted by molar-refractivity contribution is 7.99. The Bertz CT molecular complexity index is 972. The number of thioether (sulfide) groups is 1. The van der Waals surface area contributed by atoms with Crippen LogP contribution in [0, 0.1) is 5.92 Å². The van der Waals surface area contributed by atoms with Gasteiger partial charge < -0.3 is 14.8 Å². The largest absolute Gasteiger partial charge is 0.497 e. The van der Waals surface area contributed by atoms with E-state index in [0.717, 1.165) is 46.1 Å². The lowest BCUT2D eigenvalue weighted by Crippen LogP contribution is -2.31. The standard InChI is InChI=1S/C23H28N2O5S2/c1-14-6-11-17-18(13-14)32-22(20(17)21(27)25-23(28)30-3)24-19(26)5-4-12-31-16-9-7-15(29-2)8-10-16/h7-10,14H,4-6,11-13H2,1-3H3,(H,24,26)(H,25,27,28). The van der Waals surface area contributed by atoms with Gasteiger partial charge in [-0.25, -0.2) is 4.79 Å². The number of alkyl carbamates (subject to hydrolysis) is 1. The number of hydrogen-bond acceptors (Lipinski definition) is 7. The molecule has 0 fully saturated rings. The third kappa shape index (κ3) is 6.26. The van der Waals surface area contributed by atoms with Crippen molar-refractivity contribution in [1.82, 2.24) is 5.32 Å². The highest BCUT2D eigenvalue weighted by atomic mass is 32.2.